The van der Waals surface area contributed by atoms with Gasteiger partial charge in [-0.25, -0.2) is 4.98 Å². The molecule has 0 aliphatic heterocycles. The minimum atomic E-state index is 0.572. The van der Waals surface area contributed by atoms with Gasteiger partial charge in [-0.15, -0.1) is 11.8 Å². The van der Waals surface area contributed by atoms with E-state index in [2.05, 4.69) is 15.1 Å². The first-order valence-electron chi connectivity index (χ1n) is 6.29. The quantitative estimate of drug-likeness (QED) is 0.704. The molecule has 0 saturated carbocycles. The molecule has 1 aromatic carbocycles. The predicted octanol–water partition coefficient (Wildman–Crippen LogP) is 4.12. The van der Waals surface area contributed by atoms with Gasteiger partial charge in [0.25, 0.3) is 0 Å². The smallest absolute Gasteiger partial charge is 0.223 e. The molecule has 0 spiro atoms. The standard InChI is InChI=1S/C14H12ClN3O2S/c1-9-17-13(18-20-9)7-21-8-14-16-6-12(19-14)10-4-2-3-5-11(10)15/h2-6H,7-8H2,1H3. The van der Waals surface area contributed by atoms with Crippen molar-refractivity contribution in [1.82, 2.24) is 15.1 Å². The van der Waals surface area contributed by atoms with Crippen molar-refractivity contribution in [1.29, 1.82) is 0 Å². The van der Waals surface area contributed by atoms with Crippen molar-refractivity contribution in [2.45, 2.75) is 18.4 Å². The Labute approximate surface area is 130 Å². The zero-order valence-corrected chi connectivity index (χ0v) is 12.8. The molecule has 0 radical (unpaired) electrons. The van der Waals surface area contributed by atoms with Gasteiger partial charge >= 0.3 is 0 Å². The number of nitrogens with zero attached hydrogens (tertiary/aromatic N) is 3. The molecule has 0 fully saturated rings. The molecule has 5 nitrogen and oxygen atoms in total. The third-order valence-corrected chi connectivity index (χ3v) is 3.96. The van der Waals surface area contributed by atoms with Gasteiger partial charge in [-0.3, -0.25) is 0 Å². The van der Waals surface area contributed by atoms with Crippen molar-refractivity contribution < 1.29 is 8.94 Å². The lowest BCUT2D eigenvalue weighted by molar-refractivity contribution is 0.389. The topological polar surface area (TPSA) is 65.0 Å². The van der Waals surface area contributed by atoms with Crippen LogP contribution in [-0.2, 0) is 11.5 Å². The number of hydrogen-bond acceptors (Lipinski definition) is 6. The van der Waals surface area contributed by atoms with E-state index in [1.54, 1.807) is 24.9 Å². The molecule has 3 rings (SSSR count). The maximum atomic E-state index is 6.13. The van der Waals surface area contributed by atoms with Gasteiger partial charge in [-0.1, -0.05) is 28.9 Å². The van der Waals surface area contributed by atoms with Crippen LogP contribution in [0.5, 0.6) is 0 Å². The first-order valence-corrected chi connectivity index (χ1v) is 7.82. The molecule has 2 aromatic heterocycles. The first-order chi connectivity index (χ1) is 10.2. The highest BCUT2D eigenvalue weighted by Crippen LogP contribution is 2.29. The summed E-state index contributed by atoms with van der Waals surface area (Å²) in [5.74, 6) is 3.86. The number of hydrogen-bond donors (Lipinski definition) is 0. The molecule has 0 unspecified atom stereocenters. The van der Waals surface area contributed by atoms with E-state index in [1.807, 2.05) is 24.3 Å². The Hall–Kier alpha value is -1.79. The van der Waals surface area contributed by atoms with Crippen LogP contribution in [0.25, 0.3) is 11.3 Å². The van der Waals surface area contributed by atoms with Gasteiger partial charge in [0.2, 0.25) is 11.8 Å². The van der Waals surface area contributed by atoms with Crippen molar-refractivity contribution in [3.8, 4) is 11.3 Å². The summed E-state index contributed by atoms with van der Waals surface area (Å²) in [6.45, 7) is 1.77. The molecule has 7 heteroatoms. The Morgan fingerprint density at radius 3 is 2.86 bits per heavy atom. The van der Waals surface area contributed by atoms with Crippen molar-refractivity contribution in [3.63, 3.8) is 0 Å². The summed E-state index contributed by atoms with van der Waals surface area (Å²) in [6, 6.07) is 7.52. The average molecular weight is 322 g/mol. The number of rotatable bonds is 5. The fourth-order valence-electron chi connectivity index (χ4n) is 1.79. The van der Waals surface area contributed by atoms with E-state index in [9.17, 15) is 0 Å². The van der Waals surface area contributed by atoms with Crippen molar-refractivity contribution in [2.75, 3.05) is 0 Å². The normalized spacial score (nSPS) is 11.0. The zero-order chi connectivity index (χ0) is 14.7. The summed E-state index contributed by atoms with van der Waals surface area (Å²) < 4.78 is 10.6. The molecule has 21 heavy (non-hydrogen) atoms. The molecule has 0 aliphatic rings. The van der Waals surface area contributed by atoms with E-state index in [-0.39, 0.29) is 0 Å². The summed E-state index contributed by atoms with van der Waals surface area (Å²) >= 11 is 7.75. The fourth-order valence-corrected chi connectivity index (χ4v) is 2.73. The highest BCUT2D eigenvalue weighted by atomic mass is 35.5. The summed E-state index contributed by atoms with van der Waals surface area (Å²) in [4.78, 5) is 8.40. The molecule has 0 bridgehead atoms. The first kappa shape index (κ1) is 14.2. The minimum absolute atomic E-state index is 0.572. The minimum Gasteiger partial charge on any atom is -0.440 e. The largest absolute Gasteiger partial charge is 0.440 e. The molecule has 0 atom stereocenters. The number of aryl methyl sites for hydroxylation is 1. The number of thioether (sulfide) groups is 1. The summed E-state index contributed by atoms with van der Waals surface area (Å²) in [5.41, 5.74) is 0.844. The van der Waals surface area contributed by atoms with Gasteiger partial charge < -0.3 is 8.94 Å². The van der Waals surface area contributed by atoms with Crippen LogP contribution in [0, 0.1) is 6.92 Å². The van der Waals surface area contributed by atoms with Crippen molar-refractivity contribution in [2.24, 2.45) is 0 Å². The van der Waals surface area contributed by atoms with E-state index in [1.165, 1.54) is 0 Å². The maximum absolute atomic E-state index is 6.13. The molecular formula is C14H12ClN3O2S. The molecule has 0 amide bonds. The Bertz CT molecular complexity index is 741. The lowest BCUT2D eigenvalue weighted by atomic mass is 10.2. The highest BCUT2D eigenvalue weighted by Gasteiger charge is 2.10. The van der Waals surface area contributed by atoms with Crippen LogP contribution in [0.4, 0.5) is 0 Å². The van der Waals surface area contributed by atoms with E-state index in [0.29, 0.717) is 39.9 Å². The predicted molar refractivity (Wildman–Crippen MR) is 81.0 cm³/mol. The van der Waals surface area contributed by atoms with Crippen LogP contribution in [0.3, 0.4) is 0 Å². The number of aromatic nitrogens is 3. The highest BCUT2D eigenvalue weighted by molar-refractivity contribution is 7.97. The molecule has 0 saturated heterocycles. The Morgan fingerprint density at radius 1 is 1.24 bits per heavy atom. The third-order valence-electron chi connectivity index (χ3n) is 2.72. The molecule has 0 N–H and O–H groups in total. The molecule has 3 aromatic rings. The lowest BCUT2D eigenvalue weighted by Crippen LogP contribution is -1.85. The van der Waals surface area contributed by atoms with Crippen LogP contribution < -0.4 is 0 Å². The second-order valence-electron chi connectivity index (χ2n) is 4.32. The summed E-state index contributed by atoms with van der Waals surface area (Å²) in [6.07, 6.45) is 1.69. The third kappa shape index (κ3) is 3.46. The van der Waals surface area contributed by atoms with Crippen LogP contribution in [0.1, 0.15) is 17.6 Å². The van der Waals surface area contributed by atoms with E-state index in [0.717, 1.165) is 5.56 Å². The second-order valence-corrected chi connectivity index (χ2v) is 5.71. The van der Waals surface area contributed by atoms with Gasteiger partial charge in [0.1, 0.15) is 0 Å². The van der Waals surface area contributed by atoms with E-state index >= 15 is 0 Å². The Kier molecular flexibility index (Phi) is 4.26. The number of halogens is 1. The molecule has 2 heterocycles. The summed E-state index contributed by atoms with van der Waals surface area (Å²) in [7, 11) is 0. The average Bonchev–Trinajstić information content (AvgIpc) is 3.09. The van der Waals surface area contributed by atoms with Gasteiger partial charge in [-0.05, 0) is 12.1 Å². The molecule has 0 aliphatic carbocycles. The monoisotopic (exact) mass is 321 g/mol. The van der Waals surface area contributed by atoms with Crippen LogP contribution >= 0.6 is 23.4 Å². The molecular weight excluding hydrogens is 310 g/mol. The summed E-state index contributed by atoms with van der Waals surface area (Å²) in [5, 5.41) is 4.48. The Morgan fingerprint density at radius 2 is 2.10 bits per heavy atom. The fraction of sp³-hybridized carbons (Fsp3) is 0.214. The van der Waals surface area contributed by atoms with Gasteiger partial charge in [-0.2, -0.15) is 4.98 Å². The van der Waals surface area contributed by atoms with Crippen molar-refractivity contribution in [3.05, 3.63) is 53.1 Å². The van der Waals surface area contributed by atoms with Crippen molar-refractivity contribution >= 4 is 23.4 Å². The second kappa shape index (κ2) is 6.32. The van der Waals surface area contributed by atoms with Crippen LogP contribution in [0.15, 0.2) is 39.4 Å². The van der Waals surface area contributed by atoms with Gasteiger partial charge in [0, 0.05) is 12.5 Å². The number of oxazole rings is 1. The molecule has 108 valence electrons. The van der Waals surface area contributed by atoms with Gasteiger partial charge in [0.05, 0.1) is 22.7 Å². The van der Waals surface area contributed by atoms with Crippen LogP contribution in [-0.4, -0.2) is 15.1 Å². The maximum Gasteiger partial charge on any atom is 0.223 e. The van der Waals surface area contributed by atoms with E-state index < -0.39 is 0 Å². The van der Waals surface area contributed by atoms with E-state index in [4.69, 9.17) is 20.5 Å². The number of benzene rings is 1. The SMILES string of the molecule is Cc1nc(CSCc2ncc(-c3ccccc3Cl)o2)no1. The Balaban J connectivity index is 1.62. The van der Waals surface area contributed by atoms with Crippen LogP contribution in [0.2, 0.25) is 5.02 Å². The lowest BCUT2D eigenvalue weighted by Gasteiger charge is -1.98. The van der Waals surface area contributed by atoms with Gasteiger partial charge in [0.15, 0.2) is 11.6 Å². The zero-order valence-electron chi connectivity index (χ0n) is 11.2.